The largest absolute Gasteiger partial charge is 0.431 e. The Morgan fingerprint density at radius 2 is 1.67 bits per heavy atom. The van der Waals surface area contributed by atoms with E-state index in [1.807, 2.05) is 12.1 Å². The normalized spacial score (nSPS) is 12.4. The van der Waals surface area contributed by atoms with E-state index in [0.717, 1.165) is 10.4 Å². The van der Waals surface area contributed by atoms with Crippen LogP contribution in [0.5, 0.6) is 11.5 Å². The fourth-order valence-corrected chi connectivity index (χ4v) is 3.97. The molecular weight excluding hydrogens is 424 g/mol. The first kappa shape index (κ1) is 22.0. The number of pyridine rings is 1. The van der Waals surface area contributed by atoms with Crippen molar-refractivity contribution in [3.05, 3.63) is 69.9 Å². The summed E-state index contributed by atoms with van der Waals surface area (Å²) in [5.41, 5.74) is 1.48. The summed E-state index contributed by atoms with van der Waals surface area (Å²) >= 11 is 1.39. The van der Waals surface area contributed by atoms with E-state index < -0.39 is 24.7 Å². The Balaban J connectivity index is 2.00. The summed E-state index contributed by atoms with van der Waals surface area (Å²) in [6.07, 6.45) is 5.84. The van der Waals surface area contributed by atoms with Crippen LogP contribution in [0.1, 0.15) is 26.9 Å². The Kier molecular flexibility index (Phi) is 7.58. The van der Waals surface area contributed by atoms with E-state index in [0.29, 0.717) is 23.4 Å². The summed E-state index contributed by atoms with van der Waals surface area (Å²) in [6, 6.07) is 7.61. The molecule has 3 rings (SSSR count). The molecule has 5 nitrogen and oxygen atoms in total. The molecule has 0 radical (unpaired) electrons. The van der Waals surface area contributed by atoms with Gasteiger partial charge < -0.3 is 14.6 Å². The highest BCUT2D eigenvalue weighted by atomic mass is 32.1. The standard InChI is InChI=1S/C20H18F4N2O3S/c21-19(22)28-16-2-1-13(10-17(16)29-20(23)24)15(9-12-3-6-25-7-4-12)18-26-11-14(30-18)5-8-27/h1-4,6-7,10-11,15,19-20,27H,5,8-9H2. The van der Waals surface area contributed by atoms with Gasteiger partial charge in [-0.25, -0.2) is 4.98 Å². The van der Waals surface area contributed by atoms with Crippen LogP contribution in [0, 0.1) is 0 Å². The smallest absolute Gasteiger partial charge is 0.387 e. The molecule has 0 aliphatic carbocycles. The van der Waals surface area contributed by atoms with Crippen LogP contribution in [0.2, 0.25) is 0 Å². The third kappa shape index (κ3) is 5.90. The third-order valence-corrected chi connectivity index (χ3v) is 5.39. The molecule has 0 spiro atoms. The maximum absolute atomic E-state index is 12.8. The van der Waals surface area contributed by atoms with Crippen molar-refractivity contribution in [1.29, 1.82) is 0 Å². The molecule has 1 atom stereocenters. The lowest BCUT2D eigenvalue weighted by molar-refractivity contribution is -0.0692. The number of ether oxygens (including phenoxy) is 2. The van der Waals surface area contributed by atoms with E-state index in [9.17, 15) is 17.6 Å². The summed E-state index contributed by atoms with van der Waals surface area (Å²) in [5.74, 6) is -1.31. The summed E-state index contributed by atoms with van der Waals surface area (Å²) in [7, 11) is 0. The zero-order valence-corrected chi connectivity index (χ0v) is 16.4. The van der Waals surface area contributed by atoms with E-state index in [2.05, 4.69) is 19.4 Å². The van der Waals surface area contributed by atoms with Gasteiger partial charge in [-0.2, -0.15) is 17.6 Å². The highest BCUT2D eigenvalue weighted by molar-refractivity contribution is 7.11. The average molecular weight is 442 g/mol. The molecule has 160 valence electrons. The first-order chi connectivity index (χ1) is 14.5. The average Bonchev–Trinajstić information content (AvgIpc) is 3.16. The predicted octanol–water partition coefficient (Wildman–Crippen LogP) is 4.65. The van der Waals surface area contributed by atoms with Gasteiger partial charge in [0.25, 0.3) is 0 Å². The van der Waals surface area contributed by atoms with Crippen LogP contribution in [0.25, 0.3) is 0 Å². The monoisotopic (exact) mass is 442 g/mol. The lowest BCUT2D eigenvalue weighted by Crippen LogP contribution is -2.10. The van der Waals surface area contributed by atoms with Crippen LogP contribution in [0.4, 0.5) is 17.6 Å². The number of aliphatic hydroxyl groups is 1. The minimum atomic E-state index is -3.20. The van der Waals surface area contributed by atoms with E-state index in [1.54, 1.807) is 18.6 Å². The van der Waals surface area contributed by atoms with Crippen molar-refractivity contribution in [2.45, 2.75) is 32.0 Å². The van der Waals surface area contributed by atoms with E-state index in [1.165, 1.54) is 29.5 Å². The maximum Gasteiger partial charge on any atom is 0.387 e. The number of aliphatic hydroxyl groups excluding tert-OH is 1. The van der Waals surface area contributed by atoms with Crippen molar-refractivity contribution < 1.29 is 32.1 Å². The number of hydrogen-bond donors (Lipinski definition) is 1. The minimum absolute atomic E-state index is 0.0251. The number of benzene rings is 1. The van der Waals surface area contributed by atoms with E-state index >= 15 is 0 Å². The quantitative estimate of drug-likeness (QED) is 0.463. The van der Waals surface area contributed by atoms with Gasteiger partial charge in [0.05, 0.1) is 0 Å². The van der Waals surface area contributed by atoms with Gasteiger partial charge in [-0.3, -0.25) is 4.98 Å². The zero-order chi connectivity index (χ0) is 21.5. The molecular formula is C20H18F4N2O3S. The fourth-order valence-electron chi connectivity index (χ4n) is 2.93. The number of nitrogens with zero attached hydrogens (tertiary/aromatic N) is 2. The topological polar surface area (TPSA) is 64.5 Å². The number of alkyl halides is 4. The van der Waals surface area contributed by atoms with Crippen molar-refractivity contribution in [3.8, 4) is 11.5 Å². The second kappa shape index (κ2) is 10.4. The number of thiazole rings is 1. The van der Waals surface area contributed by atoms with Crippen LogP contribution in [-0.4, -0.2) is 34.9 Å². The van der Waals surface area contributed by atoms with Gasteiger partial charge in [0.1, 0.15) is 5.01 Å². The van der Waals surface area contributed by atoms with Crippen molar-refractivity contribution in [3.63, 3.8) is 0 Å². The van der Waals surface area contributed by atoms with Gasteiger partial charge in [0.2, 0.25) is 0 Å². The molecule has 10 heteroatoms. The molecule has 0 saturated carbocycles. The molecule has 0 saturated heterocycles. The highest BCUT2D eigenvalue weighted by Gasteiger charge is 2.23. The second-order valence-corrected chi connectivity index (χ2v) is 7.36. The fraction of sp³-hybridized carbons (Fsp3) is 0.300. The van der Waals surface area contributed by atoms with Crippen molar-refractivity contribution in [2.75, 3.05) is 6.61 Å². The van der Waals surface area contributed by atoms with Crippen LogP contribution >= 0.6 is 11.3 Å². The molecule has 0 fully saturated rings. The summed E-state index contributed by atoms with van der Waals surface area (Å²) in [5, 5.41) is 9.85. The SMILES string of the molecule is OCCc1cnc(C(Cc2ccncc2)c2ccc(OC(F)F)c(OC(F)F)c2)s1. The molecule has 1 unspecified atom stereocenters. The van der Waals surface area contributed by atoms with Crippen LogP contribution in [0.3, 0.4) is 0 Å². The van der Waals surface area contributed by atoms with Crippen molar-refractivity contribution in [1.82, 2.24) is 9.97 Å². The molecule has 2 aromatic heterocycles. The Morgan fingerprint density at radius 1 is 0.967 bits per heavy atom. The van der Waals surface area contributed by atoms with Crippen LogP contribution < -0.4 is 9.47 Å². The molecule has 0 aliphatic heterocycles. The lowest BCUT2D eigenvalue weighted by Gasteiger charge is -2.18. The number of hydrogen-bond acceptors (Lipinski definition) is 6. The van der Waals surface area contributed by atoms with Gasteiger partial charge in [0, 0.05) is 42.4 Å². The Morgan fingerprint density at radius 3 is 2.33 bits per heavy atom. The number of aromatic nitrogens is 2. The summed E-state index contributed by atoms with van der Waals surface area (Å²) in [6.45, 7) is -6.40. The van der Waals surface area contributed by atoms with Gasteiger partial charge in [-0.1, -0.05) is 6.07 Å². The Bertz CT molecular complexity index is 941. The molecule has 0 amide bonds. The molecule has 2 heterocycles. The molecule has 1 N–H and O–H groups in total. The first-order valence-electron chi connectivity index (χ1n) is 8.94. The number of halogens is 4. The summed E-state index contributed by atoms with van der Waals surface area (Å²) in [4.78, 5) is 9.27. The van der Waals surface area contributed by atoms with Crippen LogP contribution in [0.15, 0.2) is 48.9 Å². The highest BCUT2D eigenvalue weighted by Crippen LogP contribution is 2.38. The van der Waals surface area contributed by atoms with Gasteiger partial charge >= 0.3 is 13.2 Å². The zero-order valence-electron chi connectivity index (χ0n) is 15.6. The van der Waals surface area contributed by atoms with E-state index in [-0.39, 0.29) is 12.5 Å². The van der Waals surface area contributed by atoms with Gasteiger partial charge in [0.15, 0.2) is 11.5 Å². The van der Waals surface area contributed by atoms with Crippen molar-refractivity contribution in [2.24, 2.45) is 0 Å². The second-order valence-electron chi connectivity index (χ2n) is 6.21. The predicted molar refractivity (Wildman–Crippen MR) is 102 cm³/mol. The lowest BCUT2D eigenvalue weighted by atomic mass is 9.92. The molecule has 3 aromatic rings. The van der Waals surface area contributed by atoms with Gasteiger partial charge in [-0.15, -0.1) is 11.3 Å². The summed E-state index contributed by atoms with van der Waals surface area (Å²) < 4.78 is 59.6. The Hall–Kier alpha value is -2.72. The third-order valence-electron chi connectivity index (χ3n) is 4.22. The Labute approximate surface area is 173 Å². The molecule has 0 aliphatic rings. The molecule has 0 bridgehead atoms. The molecule has 30 heavy (non-hydrogen) atoms. The van der Waals surface area contributed by atoms with E-state index in [4.69, 9.17) is 5.11 Å². The molecule has 1 aromatic carbocycles. The van der Waals surface area contributed by atoms with Crippen molar-refractivity contribution >= 4 is 11.3 Å². The van der Waals surface area contributed by atoms with Gasteiger partial charge in [-0.05, 0) is 41.8 Å². The minimum Gasteiger partial charge on any atom is -0.431 e. The maximum atomic E-state index is 12.8. The number of rotatable bonds is 10. The van der Waals surface area contributed by atoms with Crippen LogP contribution in [-0.2, 0) is 12.8 Å². The first-order valence-corrected chi connectivity index (χ1v) is 9.76.